The van der Waals surface area contributed by atoms with Gasteiger partial charge >= 0.3 is 0 Å². The molecule has 1 fully saturated rings. The van der Waals surface area contributed by atoms with Crippen LogP contribution in [0.2, 0.25) is 0 Å². The summed E-state index contributed by atoms with van der Waals surface area (Å²) < 4.78 is 0. The molecule has 0 saturated carbocycles. The Morgan fingerprint density at radius 3 is 2.95 bits per heavy atom. The lowest BCUT2D eigenvalue weighted by Crippen LogP contribution is -2.36. The highest BCUT2D eigenvalue weighted by Gasteiger charge is 2.22. The van der Waals surface area contributed by atoms with Crippen LogP contribution >= 0.6 is 0 Å². The van der Waals surface area contributed by atoms with E-state index in [1.807, 2.05) is 31.2 Å². The summed E-state index contributed by atoms with van der Waals surface area (Å²) in [6.45, 7) is 4.13. The van der Waals surface area contributed by atoms with Crippen LogP contribution in [0.3, 0.4) is 0 Å². The maximum atomic E-state index is 12.0. The van der Waals surface area contributed by atoms with Crippen molar-refractivity contribution in [2.45, 2.75) is 32.6 Å². The highest BCUT2D eigenvalue weighted by atomic mass is 16.3. The predicted molar refractivity (Wildman–Crippen MR) is 77.7 cm³/mol. The van der Waals surface area contributed by atoms with Gasteiger partial charge in [-0.15, -0.1) is 0 Å². The Morgan fingerprint density at radius 2 is 2.21 bits per heavy atom. The fourth-order valence-corrected chi connectivity index (χ4v) is 2.88. The summed E-state index contributed by atoms with van der Waals surface area (Å²) in [5.41, 5.74) is 1.91. The third-order valence-electron chi connectivity index (χ3n) is 3.92. The van der Waals surface area contributed by atoms with Crippen molar-refractivity contribution in [2.24, 2.45) is 5.92 Å². The van der Waals surface area contributed by atoms with Gasteiger partial charge in [-0.05, 0) is 37.3 Å². The quantitative estimate of drug-likeness (QED) is 0.829. The average molecular weight is 261 g/mol. The number of para-hydroxylation sites is 1. The Labute approximate surface area is 115 Å². The van der Waals surface area contributed by atoms with E-state index in [2.05, 4.69) is 4.90 Å². The van der Waals surface area contributed by atoms with Gasteiger partial charge in [0.2, 0.25) is 0 Å². The van der Waals surface area contributed by atoms with Crippen molar-refractivity contribution in [1.29, 1.82) is 0 Å². The van der Waals surface area contributed by atoms with Crippen LogP contribution in [-0.2, 0) is 0 Å². The zero-order valence-electron chi connectivity index (χ0n) is 11.6. The Kier molecular flexibility index (Phi) is 4.97. The number of hydrogen-bond acceptors (Lipinski definition) is 3. The minimum atomic E-state index is 0.208. The molecule has 1 aliphatic rings. The van der Waals surface area contributed by atoms with E-state index in [-0.39, 0.29) is 12.4 Å². The van der Waals surface area contributed by atoms with Crippen molar-refractivity contribution in [3.8, 4) is 0 Å². The van der Waals surface area contributed by atoms with E-state index in [0.717, 1.165) is 37.2 Å². The first kappa shape index (κ1) is 14.1. The summed E-state index contributed by atoms with van der Waals surface area (Å²) in [7, 11) is 0. The topological polar surface area (TPSA) is 40.5 Å². The number of carbonyl (C=O) groups is 1. The minimum absolute atomic E-state index is 0.208. The molecule has 1 aliphatic heterocycles. The molecule has 1 aromatic rings. The molecule has 2 rings (SSSR count). The maximum Gasteiger partial charge on any atom is 0.164 e. The van der Waals surface area contributed by atoms with Crippen LogP contribution < -0.4 is 4.90 Å². The molecule has 1 unspecified atom stereocenters. The SMILES string of the molecule is CCC(=O)c1ccccc1N1CCCC(CCO)C1. The molecule has 0 bridgehead atoms. The molecule has 104 valence electrons. The van der Waals surface area contributed by atoms with Crippen LogP contribution in [0.1, 0.15) is 43.0 Å². The van der Waals surface area contributed by atoms with Crippen molar-refractivity contribution < 1.29 is 9.90 Å². The minimum Gasteiger partial charge on any atom is -0.396 e. The van der Waals surface area contributed by atoms with Gasteiger partial charge in [-0.2, -0.15) is 0 Å². The van der Waals surface area contributed by atoms with Crippen LogP contribution in [0.15, 0.2) is 24.3 Å². The van der Waals surface area contributed by atoms with Gasteiger partial charge in [0.15, 0.2) is 5.78 Å². The lowest BCUT2D eigenvalue weighted by atomic mass is 9.94. The number of aliphatic hydroxyl groups excluding tert-OH is 1. The molecule has 0 aromatic heterocycles. The standard InChI is InChI=1S/C16H23NO2/c1-2-16(19)14-7-3-4-8-15(14)17-10-5-6-13(12-17)9-11-18/h3-4,7-8,13,18H,2,5-6,9-12H2,1H3. The number of anilines is 1. The van der Waals surface area contributed by atoms with Crippen molar-refractivity contribution >= 4 is 11.5 Å². The van der Waals surface area contributed by atoms with Crippen LogP contribution in [-0.4, -0.2) is 30.6 Å². The molecule has 0 radical (unpaired) electrons. The lowest BCUT2D eigenvalue weighted by Gasteiger charge is -2.35. The highest BCUT2D eigenvalue weighted by Crippen LogP contribution is 2.28. The van der Waals surface area contributed by atoms with Crippen LogP contribution in [0.5, 0.6) is 0 Å². The largest absolute Gasteiger partial charge is 0.396 e. The van der Waals surface area contributed by atoms with Gasteiger partial charge in [0.25, 0.3) is 0 Å². The zero-order valence-corrected chi connectivity index (χ0v) is 11.6. The molecule has 3 heteroatoms. The summed E-state index contributed by atoms with van der Waals surface area (Å²) in [6.07, 6.45) is 3.73. The molecular formula is C16H23NO2. The third kappa shape index (κ3) is 3.35. The first-order chi connectivity index (χ1) is 9.26. The Hall–Kier alpha value is -1.35. The summed E-state index contributed by atoms with van der Waals surface area (Å²) in [6, 6.07) is 7.90. The third-order valence-corrected chi connectivity index (χ3v) is 3.92. The van der Waals surface area contributed by atoms with E-state index in [1.165, 1.54) is 6.42 Å². The molecule has 1 aromatic carbocycles. The fraction of sp³-hybridized carbons (Fsp3) is 0.562. The number of aliphatic hydroxyl groups is 1. The van der Waals surface area contributed by atoms with Gasteiger partial charge in [-0.1, -0.05) is 19.1 Å². The van der Waals surface area contributed by atoms with E-state index < -0.39 is 0 Å². The van der Waals surface area contributed by atoms with Crippen LogP contribution in [0, 0.1) is 5.92 Å². The molecule has 19 heavy (non-hydrogen) atoms. The van der Waals surface area contributed by atoms with E-state index in [0.29, 0.717) is 12.3 Å². The second-order valence-corrected chi connectivity index (χ2v) is 5.26. The fourth-order valence-electron chi connectivity index (χ4n) is 2.88. The number of carbonyl (C=O) groups excluding carboxylic acids is 1. The van der Waals surface area contributed by atoms with E-state index in [9.17, 15) is 4.79 Å². The first-order valence-electron chi connectivity index (χ1n) is 7.24. The molecule has 1 atom stereocenters. The van der Waals surface area contributed by atoms with Gasteiger partial charge in [-0.25, -0.2) is 0 Å². The van der Waals surface area contributed by atoms with Crippen molar-refractivity contribution in [1.82, 2.24) is 0 Å². The molecule has 0 amide bonds. The molecule has 1 heterocycles. The van der Waals surface area contributed by atoms with Gasteiger partial charge in [-0.3, -0.25) is 4.79 Å². The molecule has 0 spiro atoms. The van der Waals surface area contributed by atoms with Crippen LogP contribution in [0.25, 0.3) is 0 Å². The summed E-state index contributed by atoms with van der Waals surface area (Å²) >= 11 is 0. The molecule has 3 nitrogen and oxygen atoms in total. The number of piperidine rings is 1. The number of rotatable bonds is 5. The van der Waals surface area contributed by atoms with Crippen LogP contribution in [0.4, 0.5) is 5.69 Å². The predicted octanol–water partition coefficient (Wildman–Crippen LogP) is 2.88. The van der Waals surface area contributed by atoms with E-state index in [4.69, 9.17) is 5.11 Å². The first-order valence-corrected chi connectivity index (χ1v) is 7.24. The summed E-state index contributed by atoms with van der Waals surface area (Å²) in [5, 5.41) is 9.08. The second kappa shape index (κ2) is 6.71. The van der Waals surface area contributed by atoms with E-state index in [1.54, 1.807) is 0 Å². The number of Topliss-reactive ketones (excluding diaryl/α,β-unsaturated/α-hetero) is 1. The summed E-state index contributed by atoms with van der Waals surface area (Å²) in [5.74, 6) is 0.753. The Morgan fingerprint density at radius 1 is 1.42 bits per heavy atom. The smallest absolute Gasteiger partial charge is 0.164 e. The number of ketones is 1. The van der Waals surface area contributed by atoms with E-state index >= 15 is 0 Å². The average Bonchev–Trinajstić information content (AvgIpc) is 2.47. The maximum absolute atomic E-state index is 12.0. The Balaban J connectivity index is 2.19. The number of nitrogens with zero attached hydrogens (tertiary/aromatic N) is 1. The van der Waals surface area contributed by atoms with Crippen molar-refractivity contribution in [3.05, 3.63) is 29.8 Å². The molecular weight excluding hydrogens is 238 g/mol. The second-order valence-electron chi connectivity index (χ2n) is 5.26. The number of hydrogen-bond donors (Lipinski definition) is 1. The molecule has 0 aliphatic carbocycles. The molecule has 1 N–H and O–H groups in total. The monoisotopic (exact) mass is 261 g/mol. The Bertz CT molecular complexity index is 429. The van der Waals surface area contributed by atoms with Crippen molar-refractivity contribution in [2.75, 3.05) is 24.6 Å². The zero-order chi connectivity index (χ0) is 13.7. The van der Waals surface area contributed by atoms with Gasteiger partial charge in [0, 0.05) is 37.4 Å². The lowest BCUT2D eigenvalue weighted by molar-refractivity contribution is 0.0988. The van der Waals surface area contributed by atoms with Gasteiger partial charge in [0.05, 0.1) is 0 Å². The van der Waals surface area contributed by atoms with Gasteiger partial charge < -0.3 is 10.0 Å². The van der Waals surface area contributed by atoms with Crippen molar-refractivity contribution in [3.63, 3.8) is 0 Å². The highest BCUT2D eigenvalue weighted by molar-refractivity contribution is 6.01. The normalized spacial score (nSPS) is 19.5. The number of benzene rings is 1. The molecule has 1 saturated heterocycles. The summed E-state index contributed by atoms with van der Waals surface area (Å²) in [4.78, 5) is 14.3. The van der Waals surface area contributed by atoms with Gasteiger partial charge in [0.1, 0.15) is 0 Å².